The van der Waals surface area contributed by atoms with Crippen LogP contribution >= 0.6 is 11.8 Å². The van der Waals surface area contributed by atoms with Gasteiger partial charge in [0.15, 0.2) is 5.16 Å². The second kappa shape index (κ2) is 7.99. The SMILES string of the molecule is O=C(CC1CSc2nc3c(c(=O)n21)CCC3)Nc1ccc(Nc2ccccc2)cc1. The average molecular weight is 419 g/mol. The molecule has 1 aromatic heterocycles. The molecule has 2 N–H and O–H groups in total. The molecule has 1 aliphatic heterocycles. The Morgan fingerprint density at radius 1 is 1.03 bits per heavy atom. The molecule has 2 aliphatic rings. The van der Waals surface area contributed by atoms with E-state index in [0.717, 1.165) is 52.7 Å². The maximum Gasteiger partial charge on any atom is 0.257 e. The number of para-hydroxylation sites is 1. The van der Waals surface area contributed by atoms with Gasteiger partial charge in [0, 0.05) is 34.8 Å². The molecule has 0 radical (unpaired) electrons. The zero-order valence-corrected chi connectivity index (χ0v) is 17.2. The summed E-state index contributed by atoms with van der Waals surface area (Å²) in [5, 5.41) is 7.03. The Hall–Kier alpha value is -3.06. The molecule has 30 heavy (non-hydrogen) atoms. The van der Waals surface area contributed by atoms with Crippen molar-refractivity contribution in [3.63, 3.8) is 0 Å². The zero-order chi connectivity index (χ0) is 20.5. The number of nitrogens with zero attached hydrogens (tertiary/aromatic N) is 2. The first-order valence-electron chi connectivity index (χ1n) is 10.2. The molecule has 1 aliphatic carbocycles. The summed E-state index contributed by atoms with van der Waals surface area (Å²) in [7, 11) is 0. The van der Waals surface area contributed by atoms with Crippen LogP contribution in [0.1, 0.15) is 30.1 Å². The first-order valence-corrected chi connectivity index (χ1v) is 11.1. The van der Waals surface area contributed by atoms with Crippen LogP contribution in [0.2, 0.25) is 0 Å². The molecule has 6 nitrogen and oxygen atoms in total. The molecule has 1 atom stereocenters. The number of fused-ring (bicyclic) bond motifs is 2. The molecule has 5 rings (SSSR count). The molecular weight excluding hydrogens is 396 g/mol. The Balaban J connectivity index is 1.24. The second-order valence-corrected chi connectivity index (χ2v) is 8.62. The molecule has 0 spiro atoms. The lowest BCUT2D eigenvalue weighted by Gasteiger charge is -2.14. The number of hydrogen-bond acceptors (Lipinski definition) is 5. The summed E-state index contributed by atoms with van der Waals surface area (Å²) < 4.78 is 1.74. The number of benzene rings is 2. The predicted octanol–water partition coefficient (Wildman–Crippen LogP) is 4.15. The molecule has 2 heterocycles. The lowest BCUT2D eigenvalue weighted by atomic mass is 10.2. The summed E-state index contributed by atoms with van der Waals surface area (Å²) >= 11 is 1.57. The number of amides is 1. The molecule has 0 fully saturated rings. The Labute approximate surface area is 178 Å². The van der Waals surface area contributed by atoms with Crippen molar-refractivity contribution >= 4 is 34.7 Å². The quantitative estimate of drug-likeness (QED) is 0.609. The van der Waals surface area contributed by atoms with Crippen LogP contribution in [0.3, 0.4) is 0 Å². The third-order valence-electron chi connectivity index (χ3n) is 5.52. The summed E-state index contributed by atoms with van der Waals surface area (Å²) in [6.45, 7) is 0. The lowest BCUT2D eigenvalue weighted by Crippen LogP contribution is -2.30. The lowest BCUT2D eigenvalue weighted by molar-refractivity contribution is -0.116. The summed E-state index contributed by atoms with van der Waals surface area (Å²) in [4.78, 5) is 30.2. The third-order valence-corrected chi connectivity index (χ3v) is 6.62. The molecule has 1 unspecified atom stereocenters. The number of hydrogen-bond donors (Lipinski definition) is 2. The highest BCUT2D eigenvalue weighted by Gasteiger charge is 2.31. The van der Waals surface area contributed by atoms with Crippen molar-refractivity contribution in [2.45, 2.75) is 36.9 Å². The van der Waals surface area contributed by atoms with Gasteiger partial charge >= 0.3 is 0 Å². The van der Waals surface area contributed by atoms with Crippen LogP contribution < -0.4 is 16.2 Å². The van der Waals surface area contributed by atoms with E-state index in [1.54, 1.807) is 16.3 Å². The van der Waals surface area contributed by atoms with Crippen LogP contribution in [-0.4, -0.2) is 21.2 Å². The maximum absolute atomic E-state index is 12.9. The van der Waals surface area contributed by atoms with Crippen LogP contribution in [0.15, 0.2) is 64.5 Å². The largest absolute Gasteiger partial charge is 0.356 e. The molecule has 7 heteroatoms. The fourth-order valence-electron chi connectivity index (χ4n) is 4.05. The van der Waals surface area contributed by atoms with Gasteiger partial charge in [0.1, 0.15) is 0 Å². The van der Waals surface area contributed by atoms with Crippen LogP contribution in [0.25, 0.3) is 0 Å². The van der Waals surface area contributed by atoms with Crippen LogP contribution in [0, 0.1) is 0 Å². The Morgan fingerprint density at radius 3 is 2.57 bits per heavy atom. The molecule has 0 saturated carbocycles. The maximum atomic E-state index is 12.9. The van der Waals surface area contributed by atoms with Gasteiger partial charge in [0.2, 0.25) is 5.91 Å². The number of anilines is 3. The average Bonchev–Trinajstić information content (AvgIpc) is 3.38. The number of carbonyl (C=O) groups is 1. The summed E-state index contributed by atoms with van der Waals surface area (Å²) in [6.07, 6.45) is 2.95. The van der Waals surface area contributed by atoms with Crippen LogP contribution in [-0.2, 0) is 17.6 Å². The van der Waals surface area contributed by atoms with Gasteiger partial charge in [0.05, 0.1) is 11.7 Å². The van der Waals surface area contributed by atoms with E-state index in [0.29, 0.717) is 5.75 Å². The first kappa shape index (κ1) is 18.9. The van der Waals surface area contributed by atoms with Gasteiger partial charge in [0.25, 0.3) is 5.56 Å². The minimum atomic E-state index is -0.144. The number of thioether (sulfide) groups is 1. The van der Waals surface area contributed by atoms with Crippen molar-refractivity contribution in [1.82, 2.24) is 9.55 Å². The summed E-state index contributed by atoms with van der Waals surface area (Å²) in [5.41, 5.74) is 4.54. The van der Waals surface area contributed by atoms with Crippen LogP contribution in [0.5, 0.6) is 0 Å². The molecule has 2 aromatic carbocycles. The Morgan fingerprint density at radius 2 is 1.77 bits per heavy atom. The minimum absolute atomic E-state index is 0.0478. The van der Waals surface area contributed by atoms with Gasteiger partial charge in [-0.25, -0.2) is 4.98 Å². The van der Waals surface area contributed by atoms with Crippen molar-refractivity contribution in [2.24, 2.45) is 0 Å². The normalized spacial score (nSPS) is 16.7. The number of nitrogens with one attached hydrogen (secondary N) is 2. The standard InChI is InChI=1S/C23H22N4O2S/c28-21(25-17-11-9-16(10-12-17)24-15-5-2-1-3-6-15)13-18-14-30-23-26-20-8-4-7-19(20)22(29)27(18)23/h1-3,5-6,9-12,18,24H,4,7-8,13-14H2,(H,25,28). The van der Waals surface area contributed by atoms with E-state index in [-0.39, 0.29) is 23.9 Å². The van der Waals surface area contributed by atoms with Crippen molar-refractivity contribution in [3.05, 3.63) is 76.2 Å². The molecule has 0 saturated heterocycles. The summed E-state index contributed by atoms with van der Waals surface area (Å²) in [5.74, 6) is 0.614. The smallest absolute Gasteiger partial charge is 0.257 e. The monoisotopic (exact) mass is 418 g/mol. The Kier molecular flexibility index (Phi) is 5.04. The predicted molar refractivity (Wildman–Crippen MR) is 120 cm³/mol. The molecule has 152 valence electrons. The minimum Gasteiger partial charge on any atom is -0.356 e. The molecule has 1 amide bonds. The Bertz CT molecular complexity index is 1140. The van der Waals surface area contributed by atoms with Gasteiger partial charge in [-0.1, -0.05) is 30.0 Å². The van der Waals surface area contributed by atoms with Crippen molar-refractivity contribution in [2.75, 3.05) is 16.4 Å². The topological polar surface area (TPSA) is 76.0 Å². The molecule has 3 aromatic rings. The van der Waals surface area contributed by atoms with E-state index in [1.807, 2.05) is 54.6 Å². The van der Waals surface area contributed by atoms with Gasteiger partial charge in [-0.3, -0.25) is 14.2 Å². The highest BCUT2D eigenvalue weighted by atomic mass is 32.2. The van der Waals surface area contributed by atoms with Gasteiger partial charge in [-0.05, 0) is 55.7 Å². The highest BCUT2D eigenvalue weighted by Crippen LogP contribution is 2.34. The number of rotatable bonds is 5. The molecule has 0 bridgehead atoms. The fourth-order valence-corrected chi connectivity index (χ4v) is 5.21. The van der Waals surface area contributed by atoms with Gasteiger partial charge in [-0.2, -0.15) is 0 Å². The number of aromatic nitrogens is 2. The number of carbonyl (C=O) groups excluding carboxylic acids is 1. The second-order valence-electron chi connectivity index (χ2n) is 7.63. The van der Waals surface area contributed by atoms with Crippen molar-refractivity contribution in [3.8, 4) is 0 Å². The van der Waals surface area contributed by atoms with E-state index in [4.69, 9.17) is 0 Å². The first-order chi connectivity index (χ1) is 14.7. The molecular formula is C23H22N4O2S. The number of aryl methyl sites for hydroxylation is 1. The zero-order valence-electron chi connectivity index (χ0n) is 16.4. The van der Waals surface area contributed by atoms with Gasteiger partial charge in [-0.15, -0.1) is 0 Å². The van der Waals surface area contributed by atoms with E-state index < -0.39 is 0 Å². The summed E-state index contributed by atoms with van der Waals surface area (Å²) in [6, 6.07) is 17.4. The van der Waals surface area contributed by atoms with E-state index in [1.165, 1.54) is 0 Å². The van der Waals surface area contributed by atoms with Crippen LogP contribution in [0.4, 0.5) is 17.1 Å². The van der Waals surface area contributed by atoms with Gasteiger partial charge < -0.3 is 10.6 Å². The van der Waals surface area contributed by atoms with E-state index in [2.05, 4.69) is 15.6 Å². The van der Waals surface area contributed by atoms with Crippen molar-refractivity contribution in [1.29, 1.82) is 0 Å². The highest BCUT2D eigenvalue weighted by molar-refractivity contribution is 7.99. The van der Waals surface area contributed by atoms with E-state index >= 15 is 0 Å². The van der Waals surface area contributed by atoms with E-state index in [9.17, 15) is 9.59 Å². The van der Waals surface area contributed by atoms with Crippen molar-refractivity contribution < 1.29 is 4.79 Å². The third kappa shape index (κ3) is 3.73. The fraction of sp³-hybridized carbons (Fsp3) is 0.261.